The number of nitro benzene ring substituents is 1. The molecule has 0 saturated carbocycles. The van der Waals surface area contributed by atoms with E-state index in [0.29, 0.717) is 28.5 Å². The van der Waals surface area contributed by atoms with Crippen molar-refractivity contribution in [1.29, 1.82) is 0 Å². The highest BCUT2D eigenvalue weighted by atomic mass is 16.6. The molecular weight excluding hydrogens is 360 g/mol. The summed E-state index contributed by atoms with van der Waals surface area (Å²) in [5.74, 6) is 0.230. The Labute approximate surface area is 163 Å². The minimum absolute atomic E-state index is 0.0349. The van der Waals surface area contributed by atoms with Crippen LogP contribution in [0.1, 0.15) is 28.5 Å². The Morgan fingerprint density at radius 3 is 2.57 bits per heavy atom. The summed E-state index contributed by atoms with van der Waals surface area (Å²) in [6, 6.07) is 4.60. The summed E-state index contributed by atoms with van der Waals surface area (Å²) in [5.41, 5.74) is 1.78. The van der Waals surface area contributed by atoms with E-state index in [1.54, 1.807) is 26.0 Å². The van der Waals surface area contributed by atoms with Gasteiger partial charge in [0.2, 0.25) is 5.95 Å². The van der Waals surface area contributed by atoms with Crippen LogP contribution in [0.3, 0.4) is 0 Å². The first-order valence-corrected chi connectivity index (χ1v) is 9.26. The van der Waals surface area contributed by atoms with Crippen molar-refractivity contribution in [2.45, 2.75) is 20.8 Å². The second kappa shape index (κ2) is 8.30. The number of aryl methyl sites for hydroxylation is 2. The lowest BCUT2D eigenvalue weighted by molar-refractivity contribution is -0.385. The number of piperazine rings is 1. The molecule has 0 spiro atoms. The highest BCUT2D eigenvalue weighted by molar-refractivity contribution is 6.05. The third-order valence-electron chi connectivity index (χ3n) is 4.98. The number of likely N-dealkylation sites (N-methyl/N-ethyl adjacent to an activating group) is 1. The maximum atomic E-state index is 12.6. The third kappa shape index (κ3) is 4.25. The maximum Gasteiger partial charge on any atom is 0.274 e. The minimum Gasteiger partial charge on any atom is -0.338 e. The predicted molar refractivity (Wildman–Crippen MR) is 107 cm³/mol. The number of amides is 1. The third-order valence-corrected chi connectivity index (χ3v) is 4.98. The number of nitrogens with zero attached hydrogens (tertiary/aromatic N) is 5. The molecule has 9 nitrogen and oxygen atoms in total. The van der Waals surface area contributed by atoms with Gasteiger partial charge < -0.3 is 15.1 Å². The second-order valence-electron chi connectivity index (χ2n) is 6.80. The highest BCUT2D eigenvalue weighted by Gasteiger charge is 2.20. The summed E-state index contributed by atoms with van der Waals surface area (Å²) in [4.78, 5) is 36.5. The number of hydrogen-bond acceptors (Lipinski definition) is 7. The number of hydrogen-bond donors (Lipinski definition) is 1. The number of carbonyl (C=O) groups is 1. The van der Waals surface area contributed by atoms with E-state index < -0.39 is 10.8 Å². The quantitative estimate of drug-likeness (QED) is 0.623. The first kappa shape index (κ1) is 19.7. The van der Waals surface area contributed by atoms with Crippen molar-refractivity contribution in [3.63, 3.8) is 0 Å². The SMILES string of the molecule is CCN1CCN(c2ncc(C(=O)Nc3ccc(C)c([N+](=O)[O-])c3)c(C)n2)CC1. The lowest BCUT2D eigenvalue weighted by Crippen LogP contribution is -2.46. The number of benzene rings is 1. The fourth-order valence-electron chi connectivity index (χ4n) is 3.18. The van der Waals surface area contributed by atoms with Gasteiger partial charge in [0.15, 0.2) is 0 Å². The van der Waals surface area contributed by atoms with Crippen molar-refractivity contribution in [1.82, 2.24) is 14.9 Å². The van der Waals surface area contributed by atoms with Crippen LogP contribution in [-0.4, -0.2) is 58.4 Å². The molecule has 1 saturated heterocycles. The standard InChI is InChI=1S/C19H24N6O3/c1-4-23-7-9-24(10-8-23)19-20-12-16(14(3)21-19)18(26)22-15-6-5-13(2)17(11-15)25(27)28/h5-6,11-12H,4,7-10H2,1-3H3,(H,22,26). The van der Waals surface area contributed by atoms with Crippen LogP contribution in [0.5, 0.6) is 0 Å². The summed E-state index contributed by atoms with van der Waals surface area (Å²) in [7, 11) is 0. The Morgan fingerprint density at radius 2 is 1.96 bits per heavy atom. The number of anilines is 2. The van der Waals surface area contributed by atoms with Gasteiger partial charge in [-0.05, 0) is 26.5 Å². The maximum absolute atomic E-state index is 12.6. The van der Waals surface area contributed by atoms with Crippen LogP contribution in [0.4, 0.5) is 17.3 Å². The van der Waals surface area contributed by atoms with Gasteiger partial charge in [-0.2, -0.15) is 0 Å². The molecule has 1 aliphatic rings. The average molecular weight is 384 g/mol. The molecule has 148 valence electrons. The van der Waals surface area contributed by atoms with E-state index in [4.69, 9.17) is 0 Å². The van der Waals surface area contributed by atoms with E-state index in [9.17, 15) is 14.9 Å². The number of aromatic nitrogens is 2. The van der Waals surface area contributed by atoms with Crippen LogP contribution in [0, 0.1) is 24.0 Å². The molecule has 0 bridgehead atoms. The number of nitro groups is 1. The summed E-state index contributed by atoms with van der Waals surface area (Å²) in [6.07, 6.45) is 1.52. The van der Waals surface area contributed by atoms with E-state index in [1.165, 1.54) is 12.3 Å². The zero-order valence-corrected chi connectivity index (χ0v) is 16.3. The number of nitrogens with one attached hydrogen (secondary N) is 1. The van der Waals surface area contributed by atoms with Gasteiger partial charge in [-0.25, -0.2) is 9.97 Å². The van der Waals surface area contributed by atoms with Crippen LogP contribution >= 0.6 is 0 Å². The molecule has 1 aromatic heterocycles. The number of rotatable bonds is 5. The van der Waals surface area contributed by atoms with Crippen LogP contribution < -0.4 is 10.2 Å². The van der Waals surface area contributed by atoms with Crippen molar-refractivity contribution < 1.29 is 9.72 Å². The normalized spacial score (nSPS) is 14.8. The van der Waals surface area contributed by atoms with Crippen molar-refractivity contribution in [3.8, 4) is 0 Å². The van der Waals surface area contributed by atoms with Crippen LogP contribution in [0.2, 0.25) is 0 Å². The van der Waals surface area contributed by atoms with E-state index in [0.717, 1.165) is 32.7 Å². The van der Waals surface area contributed by atoms with Gasteiger partial charge in [-0.15, -0.1) is 0 Å². The summed E-state index contributed by atoms with van der Waals surface area (Å²) in [5, 5.41) is 13.8. The molecule has 1 amide bonds. The zero-order chi connectivity index (χ0) is 20.3. The molecule has 0 unspecified atom stereocenters. The van der Waals surface area contributed by atoms with Crippen LogP contribution in [0.25, 0.3) is 0 Å². The molecule has 3 rings (SSSR count). The molecule has 0 atom stereocenters. The molecule has 28 heavy (non-hydrogen) atoms. The monoisotopic (exact) mass is 384 g/mol. The Bertz CT molecular complexity index is 893. The fourth-order valence-corrected chi connectivity index (χ4v) is 3.18. The van der Waals surface area contributed by atoms with Crippen LogP contribution in [0.15, 0.2) is 24.4 Å². The Kier molecular flexibility index (Phi) is 5.84. The summed E-state index contributed by atoms with van der Waals surface area (Å²) < 4.78 is 0. The lowest BCUT2D eigenvalue weighted by atomic mass is 10.1. The lowest BCUT2D eigenvalue weighted by Gasteiger charge is -2.34. The Morgan fingerprint density at radius 1 is 1.25 bits per heavy atom. The zero-order valence-electron chi connectivity index (χ0n) is 16.3. The smallest absolute Gasteiger partial charge is 0.274 e. The van der Waals surface area contributed by atoms with E-state index in [1.807, 2.05) is 0 Å². The first-order valence-electron chi connectivity index (χ1n) is 9.26. The van der Waals surface area contributed by atoms with Gasteiger partial charge in [-0.1, -0.05) is 13.0 Å². The van der Waals surface area contributed by atoms with Crippen molar-refractivity contribution in [2.24, 2.45) is 0 Å². The minimum atomic E-state index is -0.466. The molecule has 0 aliphatic carbocycles. The molecule has 1 N–H and O–H groups in total. The predicted octanol–water partition coefficient (Wildman–Crippen LogP) is 2.40. The molecular formula is C19H24N6O3. The van der Waals surface area contributed by atoms with Crippen molar-refractivity contribution in [3.05, 3.63) is 51.3 Å². The van der Waals surface area contributed by atoms with Gasteiger partial charge in [0, 0.05) is 49.7 Å². The molecule has 9 heteroatoms. The molecule has 1 aromatic carbocycles. The Hall–Kier alpha value is -3.07. The van der Waals surface area contributed by atoms with Gasteiger partial charge in [0.05, 0.1) is 16.2 Å². The van der Waals surface area contributed by atoms with E-state index >= 15 is 0 Å². The topological polar surface area (TPSA) is 104 Å². The van der Waals surface area contributed by atoms with Gasteiger partial charge in [-0.3, -0.25) is 14.9 Å². The molecule has 0 radical (unpaired) electrons. The molecule has 2 aromatic rings. The van der Waals surface area contributed by atoms with Gasteiger partial charge >= 0.3 is 0 Å². The number of carbonyl (C=O) groups excluding carboxylic acids is 1. The van der Waals surface area contributed by atoms with Crippen molar-refractivity contribution >= 4 is 23.2 Å². The van der Waals surface area contributed by atoms with Gasteiger partial charge in [0.25, 0.3) is 11.6 Å². The molecule has 2 heterocycles. The van der Waals surface area contributed by atoms with Crippen LogP contribution in [-0.2, 0) is 0 Å². The second-order valence-corrected chi connectivity index (χ2v) is 6.80. The molecule has 1 aliphatic heterocycles. The molecule has 1 fully saturated rings. The van der Waals surface area contributed by atoms with E-state index in [-0.39, 0.29) is 5.69 Å². The summed E-state index contributed by atoms with van der Waals surface area (Å²) >= 11 is 0. The summed E-state index contributed by atoms with van der Waals surface area (Å²) in [6.45, 7) is 10.2. The first-order chi connectivity index (χ1) is 13.4. The Balaban J connectivity index is 1.73. The largest absolute Gasteiger partial charge is 0.338 e. The van der Waals surface area contributed by atoms with Gasteiger partial charge in [0.1, 0.15) is 0 Å². The van der Waals surface area contributed by atoms with E-state index in [2.05, 4.69) is 32.0 Å². The highest BCUT2D eigenvalue weighted by Crippen LogP contribution is 2.23. The fraction of sp³-hybridized carbons (Fsp3) is 0.421. The van der Waals surface area contributed by atoms with Crippen molar-refractivity contribution in [2.75, 3.05) is 42.9 Å². The average Bonchev–Trinajstić information content (AvgIpc) is 2.69.